The Kier molecular flexibility index (Phi) is 4.12. The first-order valence-electron chi connectivity index (χ1n) is 7.03. The maximum absolute atomic E-state index is 12.6. The monoisotopic (exact) mass is 338 g/mol. The fourth-order valence-electron chi connectivity index (χ4n) is 2.83. The molecule has 1 aromatic heterocycles. The minimum Gasteiger partial charge on any atom is -0.494 e. The topological polar surface area (TPSA) is 81.4 Å². The summed E-state index contributed by atoms with van der Waals surface area (Å²) in [6.45, 7) is 0. The van der Waals surface area contributed by atoms with Crippen LogP contribution in [0.15, 0.2) is 33.9 Å². The Morgan fingerprint density at radius 2 is 2.18 bits per heavy atom. The molecule has 118 valence electrons. The largest absolute Gasteiger partial charge is 0.494 e. The summed E-state index contributed by atoms with van der Waals surface area (Å²) in [6.07, 6.45) is 2.65. The number of nitrogen functional groups attached to an aromatic ring is 1. The molecule has 0 bridgehead atoms. The van der Waals surface area contributed by atoms with Crippen molar-refractivity contribution < 1.29 is 13.2 Å². The lowest BCUT2D eigenvalue weighted by Crippen LogP contribution is -2.30. The Morgan fingerprint density at radius 3 is 2.95 bits per heavy atom. The van der Waals surface area contributed by atoms with Gasteiger partial charge in [0.2, 0.25) is 0 Å². The quantitative estimate of drug-likeness (QED) is 0.840. The molecule has 1 heterocycles. The van der Waals surface area contributed by atoms with Crippen LogP contribution in [0.4, 0.5) is 5.69 Å². The van der Waals surface area contributed by atoms with Crippen LogP contribution in [-0.4, -0.2) is 15.5 Å². The van der Waals surface area contributed by atoms with E-state index in [1.807, 2.05) is 18.2 Å². The van der Waals surface area contributed by atoms with Gasteiger partial charge in [-0.05, 0) is 54.0 Å². The number of fused-ring (bicyclic) bond motifs is 1. The molecule has 1 aliphatic carbocycles. The molecule has 1 atom stereocenters. The summed E-state index contributed by atoms with van der Waals surface area (Å²) in [5, 5.41) is 1.71. The highest BCUT2D eigenvalue weighted by atomic mass is 32.2. The van der Waals surface area contributed by atoms with Crippen molar-refractivity contribution in [2.24, 2.45) is 0 Å². The number of benzene rings is 1. The van der Waals surface area contributed by atoms with Crippen molar-refractivity contribution in [1.29, 1.82) is 0 Å². The summed E-state index contributed by atoms with van der Waals surface area (Å²) in [6, 6.07) is 7.11. The molecule has 0 amide bonds. The van der Waals surface area contributed by atoms with Crippen LogP contribution in [0.5, 0.6) is 5.75 Å². The fraction of sp³-hybridized carbons (Fsp3) is 0.333. The zero-order valence-corrected chi connectivity index (χ0v) is 13.8. The number of nitrogens with one attached hydrogen (secondary N) is 1. The van der Waals surface area contributed by atoms with E-state index < -0.39 is 10.0 Å². The van der Waals surface area contributed by atoms with Gasteiger partial charge in [0.15, 0.2) is 4.21 Å². The van der Waals surface area contributed by atoms with Crippen molar-refractivity contribution >= 4 is 27.0 Å². The van der Waals surface area contributed by atoms with Gasteiger partial charge in [-0.3, -0.25) is 0 Å². The number of thiophene rings is 1. The first-order valence-corrected chi connectivity index (χ1v) is 9.39. The van der Waals surface area contributed by atoms with Gasteiger partial charge in [0.25, 0.3) is 10.0 Å². The van der Waals surface area contributed by atoms with Gasteiger partial charge in [-0.2, -0.15) is 0 Å². The highest BCUT2D eigenvalue weighted by molar-refractivity contribution is 7.91. The predicted molar refractivity (Wildman–Crippen MR) is 87.7 cm³/mol. The third kappa shape index (κ3) is 2.84. The van der Waals surface area contributed by atoms with E-state index in [1.54, 1.807) is 11.4 Å². The molecule has 2 aromatic rings. The van der Waals surface area contributed by atoms with Crippen LogP contribution < -0.4 is 15.2 Å². The maximum atomic E-state index is 12.6. The van der Waals surface area contributed by atoms with Crippen LogP contribution >= 0.6 is 11.3 Å². The fourth-order valence-corrected chi connectivity index (χ4v) is 5.37. The predicted octanol–water partition coefficient (Wildman–Crippen LogP) is 2.69. The van der Waals surface area contributed by atoms with Crippen LogP contribution in [0.25, 0.3) is 0 Å². The maximum Gasteiger partial charge on any atom is 0.254 e. The van der Waals surface area contributed by atoms with E-state index in [0.717, 1.165) is 41.7 Å². The molecule has 0 fully saturated rings. The van der Waals surface area contributed by atoms with Crippen molar-refractivity contribution in [1.82, 2.24) is 4.72 Å². The van der Waals surface area contributed by atoms with Gasteiger partial charge >= 0.3 is 0 Å². The molecule has 22 heavy (non-hydrogen) atoms. The second kappa shape index (κ2) is 5.91. The number of ether oxygens (including phenoxy) is 1. The Balaban J connectivity index is 1.91. The Bertz CT molecular complexity index is 784. The Morgan fingerprint density at radius 1 is 1.36 bits per heavy atom. The Labute approximate surface area is 134 Å². The number of sulfonamides is 1. The number of nitrogens with two attached hydrogens (primary N) is 1. The second-order valence-corrected chi connectivity index (χ2v) is 8.13. The first kappa shape index (κ1) is 15.3. The average Bonchev–Trinajstić information content (AvgIpc) is 2.96. The summed E-state index contributed by atoms with van der Waals surface area (Å²) < 4.78 is 33.4. The van der Waals surface area contributed by atoms with Crippen LogP contribution in [0.3, 0.4) is 0 Å². The number of hydrogen-bond donors (Lipinski definition) is 2. The molecule has 0 saturated heterocycles. The lowest BCUT2D eigenvalue weighted by molar-refractivity contribution is 0.405. The lowest BCUT2D eigenvalue weighted by Gasteiger charge is -2.26. The van der Waals surface area contributed by atoms with Gasteiger partial charge in [-0.15, -0.1) is 11.3 Å². The van der Waals surface area contributed by atoms with Crippen molar-refractivity contribution in [2.45, 2.75) is 29.5 Å². The molecule has 0 spiro atoms. The smallest absolute Gasteiger partial charge is 0.254 e. The van der Waals surface area contributed by atoms with Crippen LogP contribution in [-0.2, 0) is 16.4 Å². The minimum absolute atomic E-state index is 0.220. The van der Waals surface area contributed by atoms with Gasteiger partial charge in [-0.1, -0.05) is 6.07 Å². The SMILES string of the molecule is COc1ccsc1S(=O)(=O)NC1CCCc2cc(N)ccc21. The summed E-state index contributed by atoms with van der Waals surface area (Å²) in [4.78, 5) is 0. The average molecular weight is 338 g/mol. The van der Waals surface area contributed by atoms with Crippen molar-refractivity contribution in [3.05, 3.63) is 40.8 Å². The van der Waals surface area contributed by atoms with E-state index >= 15 is 0 Å². The highest BCUT2D eigenvalue weighted by Crippen LogP contribution is 2.35. The van der Waals surface area contributed by atoms with E-state index in [1.165, 1.54) is 7.11 Å². The van der Waals surface area contributed by atoms with E-state index in [9.17, 15) is 8.42 Å². The first-order chi connectivity index (χ1) is 10.5. The minimum atomic E-state index is -3.60. The molecule has 1 aliphatic rings. The number of methoxy groups -OCH3 is 1. The molecule has 0 saturated carbocycles. The normalized spacial score (nSPS) is 18.0. The molecule has 1 aromatic carbocycles. The lowest BCUT2D eigenvalue weighted by atomic mass is 9.88. The molecule has 3 rings (SSSR count). The number of hydrogen-bond acceptors (Lipinski definition) is 5. The van der Waals surface area contributed by atoms with Crippen molar-refractivity contribution in [3.8, 4) is 5.75 Å². The number of aryl methyl sites for hydroxylation is 1. The van der Waals surface area contributed by atoms with Crippen LogP contribution in [0.1, 0.15) is 30.0 Å². The van der Waals surface area contributed by atoms with Gasteiger partial charge in [0, 0.05) is 11.7 Å². The Hall–Kier alpha value is -1.57. The zero-order valence-electron chi connectivity index (χ0n) is 12.2. The van der Waals surface area contributed by atoms with E-state index in [0.29, 0.717) is 11.4 Å². The van der Waals surface area contributed by atoms with Crippen LogP contribution in [0.2, 0.25) is 0 Å². The second-order valence-electron chi connectivity index (χ2n) is 5.30. The molecule has 1 unspecified atom stereocenters. The molecule has 0 radical (unpaired) electrons. The van der Waals surface area contributed by atoms with Crippen LogP contribution in [0, 0.1) is 0 Å². The molecule has 5 nitrogen and oxygen atoms in total. The number of anilines is 1. The van der Waals surface area contributed by atoms with Gasteiger partial charge < -0.3 is 10.5 Å². The summed E-state index contributed by atoms with van der Waals surface area (Å²) in [5.74, 6) is 0.380. The van der Waals surface area contributed by atoms with Gasteiger partial charge in [0.1, 0.15) is 5.75 Å². The molecule has 0 aliphatic heterocycles. The summed E-state index contributed by atoms with van der Waals surface area (Å²) >= 11 is 1.16. The molecule has 3 N–H and O–H groups in total. The standard InChI is InChI=1S/C15H18N2O3S2/c1-20-14-7-8-21-15(14)22(18,19)17-13-4-2-3-10-9-11(16)5-6-12(10)13/h5-9,13,17H,2-4,16H2,1H3. The third-order valence-corrected chi connectivity index (χ3v) is 6.76. The number of rotatable bonds is 4. The van der Waals surface area contributed by atoms with Crippen molar-refractivity contribution in [3.63, 3.8) is 0 Å². The molecule has 7 heteroatoms. The molecular weight excluding hydrogens is 320 g/mol. The van der Waals surface area contributed by atoms with Crippen molar-refractivity contribution in [2.75, 3.05) is 12.8 Å². The third-order valence-electron chi connectivity index (χ3n) is 3.84. The molecular formula is C15H18N2O3S2. The summed E-state index contributed by atoms with van der Waals surface area (Å²) in [7, 11) is -2.13. The zero-order chi connectivity index (χ0) is 15.7. The highest BCUT2D eigenvalue weighted by Gasteiger charge is 2.28. The van der Waals surface area contributed by atoms with E-state index in [4.69, 9.17) is 10.5 Å². The summed E-state index contributed by atoms with van der Waals surface area (Å²) in [5.41, 5.74) is 8.66. The van der Waals surface area contributed by atoms with E-state index in [-0.39, 0.29) is 10.3 Å². The van der Waals surface area contributed by atoms with E-state index in [2.05, 4.69) is 4.72 Å². The van der Waals surface area contributed by atoms with Gasteiger partial charge in [-0.25, -0.2) is 13.1 Å². The van der Waals surface area contributed by atoms with Gasteiger partial charge in [0.05, 0.1) is 7.11 Å².